The van der Waals surface area contributed by atoms with E-state index in [4.69, 9.17) is 32.7 Å². The van der Waals surface area contributed by atoms with Gasteiger partial charge < -0.3 is 9.47 Å². The third-order valence-corrected chi connectivity index (χ3v) is 5.76. The molecular formula is C18H11Cl2F3N2O4S. The number of hydrogen-bond donors (Lipinski definition) is 1. The van der Waals surface area contributed by atoms with Crippen molar-refractivity contribution in [1.82, 2.24) is 4.98 Å². The largest absolute Gasteiger partial charge is 0.495 e. The van der Waals surface area contributed by atoms with Crippen molar-refractivity contribution < 1.29 is 31.1 Å². The quantitative estimate of drug-likeness (QED) is 0.479. The smallest absolute Gasteiger partial charge is 0.265 e. The van der Waals surface area contributed by atoms with Crippen molar-refractivity contribution in [1.29, 1.82) is 0 Å². The van der Waals surface area contributed by atoms with Gasteiger partial charge in [0, 0.05) is 11.8 Å². The summed E-state index contributed by atoms with van der Waals surface area (Å²) < 4.78 is 78.5. The highest BCUT2D eigenvalue weighted by atomic mass is 35.5. The molecule has 1 heterocycles. The summed E-state index contributed by atoms with van der Waals surface area (Å²) in [7, 11) is -2.98. The van der Waals surface area contributed by atoms with Crippen LogP contribution in [0, 0.1) is 17.7 Å². The molecule has 3 aromatic rings. The van der Waals surface area contributed by atoms with Crippen LogP contribution in [0.4, 0.5) is 18.9 Å². The molecule has 2 aromatic carbocycles. The molecule has 0 aliphatic rings. The number of sulfonamides is 1. The van der Waals surface area contributed by atoms with Crippen LogP contribution < -0.4 is 14.2 Å². The molecule has 0 radical (unpaired) electrons. The fourth-order valence-electron chi connectivity index (χ4n) is 2.33. The Morgan fingerprint density at radius 3 is 2.13 bits per heavy atom. The number of rotatable bonds is 6. The van der Waals surface area contributed by atoms with Crippen molar-refractivity contribution in [2.75, 3.05) is 11.8 Å². The van der Waals surface area contributed by atoms with Gasteiger partial charge in [-0.15, -0.1) is 0 Å². The monoisotopic (exact) mass is 478 g/mol. The lowest BCUT2D eigenvalue weighted by molar-refractivity contribution is 0.399. The van der Waals surface area contributed by atoms with Crippen LogP contribution in [0.3, 0.4) is 0 Å². The minimum absolute atomic E-state index is 0.0544. The van der Waals surface area contributed by atoms with E-state index in [2.05, 4.69) is 9.71 Å². The second-order valence-electron chi connectivity index (χ2n) is 5.68. The molecule has 0 spiro atoms. The first-order valence-electron chi connectivity index (χ1n) is 7.96. The van der Waals surface area contributed by atoms with Crippen molar-refractivity contribution in [3.8, 4) is 17.2 Å². The van der Waals surface area contributed by atoms with Gasteiger partial charge in [0.25, 0.3) is 10.0 Å². The van der Waals surface area contributed by atoms with Crippen LogP contribution in [0.25, 0.3) is 0 Å². The summed E-state index contributed by atoms with van der Waals surface area (Å²) in [5.74, 6) is -4.05. The zero-order chi connectivity index (χ0) is 22.1. The molecule has 0 fully saturated rings. The van der Waals surface area contributed by atoms with Gasteiger partial charge in [-0.25, -0.2) is 12.8 Å². The van der Waals surface area contributed by atoms with Gasteiger partial charge in [0.05, 0.1) is 7.11 Å². The van der Waals surface area contributed by atoms with E-state index in [1.807, 2.05) is 0 Å². The maximum atomic E-state index is 13.6. The molecule has 1 aromatic heterocycles. The molecule has 12 heteroatoms. The number of benzene rings is 2. The Bertz CT molecular complexity index is 1180. The minimum Gasteiger partial charge on any atom is -0.495 e. The fraction of sp³-hybridized carbons (Fsp3) is 0.0556. The fourth-order valence-corrected chi connectivity index (χ4v) is 3.98. The Morgan fingerprint density at radius 2 is 1.57 bits per heavy atom. The molecule has 0 amide bonds. The number of pyridine rings is 1. The Kier molecular flexibility index (Phi) is 6.30. The molecule has 0 unspecified atom stereocenters. The van der Waals surface area contributed by atoms with Gasteiger partial charge in [-0.2, -0.15) is 13.8 Å². The van der Waals surface area contributed by atoms with Gasteiger partial charge in [-0.1, -0.05) is 23.2 Å². The lowest BCUT2D eigenvalue weighted by Crippen LogP contribution is -2.14. The van der Waals surface area contributed by atoms with Gasteiger partial charge >= 0.3 is 0 Å². The van der Waals surface area contributed by atoms with Crippen molar-refractivity contribution in [2.45, 2.75) is 4.90 Å². The summed E-state index contributed by atoms with van der Waals surface area (Å²) in [5, 5.41) is -1.38. The van der Waals surface area contributed by atoms with E-state index in [1.54, 1.807) is 0 Å². The standard InChI is InChI=1S/C18H11Cl2F3N2O4S/c1-28-12-7-6-11(29-16-14(19)17(22)24-18(23)15(16)20)8-13(12)30(26,27)25-10-4-2-9(21)3-5-10/h2-8,25H,1H3. The lowest BCUT2D eigenvalue weighted by atomic mass is 10.3. The Balaban J connectivity index is 2.01. The van der Waals surface area contributed by atoms with Crippen LogP contribution in [-0.4, -0.2) is 20.5 Å². The summed E-state index contributed by atoms with van der Waals surface area (Å²) in [6.45, 7) is 0. The number of methoxy groups -OCH3 is 1. The van der Waals surface area contributed by atoms with Gasteiger partial charge in [0.2, 0.25) is 11.9 Å². The Hall–Kier alpha value is -2.69. The third-order valence-electron chi connectivity index (χ3n) is 3.70. The Morgan fingerprint density at radius 1 is 0.967 bits per heavy atom. The number of anilines is 1. The third kappa shape index (κ3) is 4.55. The van der Waals surface area contributed by atoms with Crippen LogP contribution >= 0.6 is 23.2 Å². The molecule has 0 atom stereocenters. The van der Waals surface area contributed by atoms with E-state index in [0.717, 1.165) is 18.2 Å². The minimum atomic E-state index is -4.22. The number of nitrogens with zero attached hydrogens (tertiary/aromatic N) is 1. The summed E-state index contributed by atoms with van der Waals surface area (Å²) in [6.07, 6.45) is 0. The van der Waals surface area contributed by atoms with Crippen LogP contribution in [0.15, 0.2) is 47.4 Å². The molecule has 0 saturated heterocycles. The maximum Gasteiger partial charge on any atom is 0.265 e. The normalized spacial score (nSPS) is 11.3. The van der Waals surface area contributed by atoms with Crippen LogP contribution in [-0.2, 0) is 10.0 Å². The highest BCUT2D eigenvalue weighted by Gasteiger charge is 2.24. The number of hydrogen-bond acceptors (Lipinski definition) is 5. The first-order valence-corrected chi connectivity index (χ1v) is 10.2. The van der Waals surface area contributed by atoms with Crippen molar-refractivity contribution >= 4 is 38.9 Å². The summed E-state index contributed by atoms with van der Waals surface area (Å²) in [4.78, 5) is 2.52. The first-order chi connectivity index (χ1) is 14.1. The first kappa shape index (κ1) is 22.0. The summed E-state index contributed by atoms with van der Waals surface area (Å²) in [5.41, 5.74) is 0.0918. The zero-order valence-electron chi connectivity index (χ0n) is 14.9. The molecule has 3 rings (SSSR count). The van der Waals surface area contributed by atoms with Crippen LogP contribution in [0.1, 0.15) is 0 Å². The molecule has 0 bridgehead atoms. The van der Waals surface area contributed by atoms with Gasteiger partial charge in [-0.3, -0.25) is 4.72 Å². The molecule has 0 aliphatic heterocycles. The summed E-state index contributed by atoms with van der Waals surface area (Å²) in [6, 6.07) is 8.16. The van der Waals surface area contributed by atoms with Gasteiger partial charge in [-0.05, 0) is 36.4 Å². The van der Waals surface area contributed by atoms with E-state index in [0.29, 0.717) is 0 Å². The van der Waals surface area contributed by atoms with E-state index in [-0.39, 0.29) is 22.1 Å². The summed E-state index contributed by atoms with van der Waals surface area (Å²) >= 11 is 11.5. The van der Waals surface area contributed by atoms with Crippen LogP contribution in [0.2, 0.25) is 10.0 Å². The molecule has 0 saturated carbocycles. The molecule has 6 nitrogen and oxygen atoms in total. The number of nitrogens with one attached hydrogen (secondary N) is 1. The highest BCUT2D eigenvalue weighted by molar-refractivity contribution is 7.92. The maximum absolute atomic E-state index is 13.6. The van der Waals surface area contributed by atoms with Crippen molar-refractivity contribution in [2.24, 2.45) is 0 Å². The lowest BCUT2D eigenvalue weighted by Gasteiger charge is -2.15. The number of ether oxygens (including phenoxy) is 2. The molecular weight excluding hydrogens is 468 g/mol. The molecule has 1 N–H and O–H groups in total. The van der Waals surface area contributed by atoms with Gasteiger partial charge in [0.1, 0.15) is 32.3 Å². The van der Waals surface area contributed by atoms with E-state index < -0.39 is 43.5 Å². The molecule has 158 valence electrons. The van der Waals surface area contributed by atoms with E-state index >= 15 is 0 Å². The second kappa shape index (κ2) is 8.58. The van der Waals surface area contributed by atoms with Gasteiger partial charge in [0.15, 0.2) is 5.75 Å². The second-order valence-corrected chi connectivity index (χ2v) is 8.08. The zero-order valence-corrected chi connectivity index (χ0v) is 17.2. The topological polar surface area (TPSA) is 77.5 Å². The van der Waals surface area contributed by atoms with E-state index in [9.17, 15) is 21.6 Å². The average Bonchev–Trinajstić information content (AvgIpc) is 2.71. The predicted octanol–water partition coefficient (Wildman–Crippen LogP) is 5.41. The molecule has 30 heavy (non-hydrogen) atoms. The predicted molar refractivity (Wildman–Crippen MR) is 104 cm³/mol. The number of aromatic nitrogens is 1. The Labute approximate surface area is 179 Å². The van der Waals surface area contributed by atoms with Crippen LogP contribution in [0.5, 0.6) is 17.2 Å². The van der Waals surface area contributed by atoms with Crippen molar-refractivity contribution in [3.05, 3.63) is 70.2 Å². The molecule has 0 aliphatic carbocycles. The number of halogens is 5. The SMILES string of the molecule is COc1ccc(Oc2c(Cl)c(F)nc(F)c2Cl)cc1S(=O)(=O)Nc1ccc(F)cc1. The van der Waals surface area contributed by atoms with E-state index in [1.165, 1.54) is 31.4 Å². The highest BCUT2D eigenvalue weighted by Crippen LogP contribution is 2.40. The van der Waals surface area contributed by atoms with Crippen molar-refractivity contribution in [3.63, 3.8) is 0 Å². The average molecular weight is 479 g/mol.